The third kappa shape index (κ3) is 2.55. The molecule has 2 aliphatic rings. The highest BCUT2D eigenvalue weighted by Crippen LogP contribution is 2.54. The van der Waals surface area contributed by atoms with Crippen molar-refractivity contribution in [1.82, 2.24) is 0 Å². The summed E-state index contributed by atoms with van der Waals surface area (Å²) in [6.07, 6.45) is 1.52. The predicted octanol–water partition coefficient (Wildman–Crippen LogP) is 3.59. The molecule has 1 aromatic carbocycles. The Labute approximate surface area is 157 Å². The molecule has 26 heavy (non-hydrogen) atoms. The first-order chi connectivity index (χ1) is 12.4. The fraction of sp³-hybridized carbons (Fsp3) is 0.474. The molecule has 6 nitrogen and oxygen atoms in total. The van der Waals surface area contributed by atoms with E-state index in [2.05, 4.69) is 0 Å². The van der Waals surface area contributed by atoms with Gasteiger partial charge in [0.05, 0.1) is 20.3 Å². The van der Waals surface area contributed by atoms with E-state index in [1.54, 1.807) is 19.9 Å². The van der Waals surface area contributed by atoms with Gasteiger partial charge in [-0.2, -0.15) is 0 Å². The van der Waals surface area contributed by atoms with Crippen molar-refractivity contribution in [2.75, 3.05) is 20.3 Å². The van der Waals surface area contributed by atoms with Gasteiger partial charge in [0, 0.05) is 24.5 Å². The fourth-order valence-corrected chi connectivity index (χ4v) is 3.75. The Morgan fingerprint density at radius 3 is 2.54 bits per heavy atom. The Hall–Kier alpha value is -2.21. The molecule has 7 heteroatoms. The zero-order valence-corrected chi connectivity index (χ0v) is 15.9. The lowest BCUT2D eigenvalue weighted by Crippen LogP contribution is -2.51. The Balaban J connectivity index is 2.21. The van der Waals surface area contributed by atoms with E-state index in [0.29, 0.717) is 24.7 Å². The highest BCUT2D eigenvalue weighted by atomic mass is 35.5. The molecule has 0 radical (unpaired) electrons. The largest absolute Gasteiger partial charge is 0.496 e. The summed E-state index contributed by atoms with van der Waals surface area (Å²) in [5.41, 5.74) is -1.18. The van der Waals surface area contributed by atoms with Crippen LogP contribution in [0.1, 0.15) is 37.6 Å². The molecule has 0 amide bonds. The summed E-state index contributed by atoms with van der Waals surface area (Å²) in [5, 5.41) is 0.202. The van der Waals surface area contributed by atoms with Gasteiger partial charge < -0.3 is 18.9 Å². The van der Waals surface area contributed by atoms with E-state index in [1.165, 1.54) is 13.2 Å². The molecule has 2 atom stereocenters. The number of carbonyl (C=O) groups is 2. The van der Waals surface area contributed by atoms with Crippen LogP contribution in [-0.2, 0) is 9.53 Å². The second kappa shape index (κ2) is 6.83. The van der Waals surface area contributed by atoms with Gasteiger partial charge in [0.1, 0.15) is 22.1 Å². The minimum absolute atomic E-state index is 0.105. The van der Waals surface area contributed by atoms with Crippen LogP contribution in [0.5, 0.6) is 17.2 Å². The molecular weight excluding hydrogens is 360 g/mol. The number of allylic oxidation sites excluding steroid dienone is 1. The molecule has 3 rings (SSSR count). The van der Waals surface area contributed by atoms with Gasteiger partial charge in [0.15, 0.2) is 17.3 Å². The molecule has 0 bridgehead atoms. The van der Waals surface area contributed by atoms with Crippen molar-refractivity contribution < 1.29 is 28.5 Å². The van der Waals surface area contributed by atoms with Crippen molar-refractivity contribution in [2.24, 2.45) is 5.92 Å². The van der Waals surface area contributed by atoms with Gasteiger partial charge in [0.2, 0.25) is 11.4 Å². The summed E-state index contributed by atoms with van der Waals surface area (Å²) in [6, 6.07) is 1.58. The number of rotatable bonds is 5. The lowest BCUT2D eigenvalue weighted by Gasteiger charge is -2.36. The van der Waals surface area contributed by atoms with Gasteiger partial charge in [-0.25, -0.2) is 0 Å². The van der Waals surface area contributed by atoms with Crippen molar-refractivity contribution in [1.29, 1.82) is 0 Å². The minimum atomic E-state index is -1.42. The first-order valence-corrected chi connectivity index (χ1v) is 8.93. The SMILES string of the molecule is CCOC1=CC(=O)CC(C)C12Oc1c(Cl)c(OCC)cc(OC)c1C2=O. The van der Waals surface area contributed by atoms with Gasteiger partial charge in [-0.1, -0.05) is 18.5 Å². The van der Waals surface area contributed by atoms with Crippen molar-refractivity contribution in [3.8, 4) is 17.2 Å². The highest BCUT2D eigenvalue weighted by molar-refractivity contribution is 6.35. The monoisotopic (exact) mass is 380 g/mol. The van der Waals surface area contributed by atoms with Crippen LogP contribution in [0.2, 0.25) is 5.02 Å². The molecule has 0 aromatic heterocycles. The number of carbonyl (C=O) groups excluding carboxylic acids is 2. The molecule has 2 unspecified atom stereocenters. The van der Waals surface area contributed by atoms with Crippen LogP contribution < -0.4 is 14.2 Å². The molecule has 0 N–H and O–H groups in total. The average molecular weight is 381 g/mol. The normalized spacial score (nSPS) is 24.2. The molecule has 0 saturated carbocycles. The molecule has 140 valence electrons. The molecule has 1 aliphatic heterocycles. The van der Waals surface area contributed by atoms with E-state index in [1.807, 2.05) is 6.92 Å². The van der Waals surface area contributed by atoms with E-state index in [4.69, 9.17) is 30.5 Å². The number of benzene rings is 1. The van der Waals surface area contributed by atoms with Crippen molar-refractivity contribution in [3.05, 3.63) is 28.5 Å². The van der Waals surface area contributed by atoms with E-state index in [9.17, 15) is 9.59 Å². The Kier molecular flexibility index (Phi) is 4.88. The Morgan fingerprint density at radius 2 is 1.92 bits per heavy atom. The van der Waals surface area contributed by atoms with Crippen LogP contribution in [0.15, 0.2) is 17.9 Å². The summed E-state index contributed by atoms with van der Waals surface area (Å²) in [7, 11) is 1.46. The maximum atomic E-state index is 13.4. The maximum Gasteiger partial charge on any atom is 0.231 e. The smallest absolute Gasteiger partial charge is 0.231 e. The predicted molar refractivity (Wildman–Crippen MR) is 95.4 cm³/mol. The lowest BCUT2D eigenvalue weighted by atomic mass is 9.75. The number of methoxy groups -OCH3 is 1. The summed E-state index contributed by atoms with van der Waals surface area (Å²) < 4.78 is 22.7. The van der Waals surface area contributed by atoms with Crippen LogP contribution >= 0.6 is 11.6 Å². The van der Waals surface area contributed by atoms with Gasteiger partial charge in [0.25, 0.3) is 0 Å². The summed E-state index contributed by atoms with van der Waals surface area (Å²) in [6.45, 7) is 6.10. The third-order valence-corrected chi connectivity index (χ3v) is 5.02. The molecule has 1 aliphatic carbocycles. The van der Waals surface area contributed by atoms with E-state index < -0.39 is 11.5 Å². The number of hydrogen-bond acceptors (Lipinski definition) is 6. The van der Waals surface area contributed by atoms with Gasteiger partial charge in [-0.3, -0.25) is 9.59 Å². The Morgan fingerprint density at radius 1 is 1.23 bits per heavy atom. The van der Waals surface area contributed by atoms with Crippen LogP contribution in [0, 0.1) is 5.92 Å². The maximum absolute atomic E-state index is 13.4. The number of hydrogen-bond donors (Lipinski definition) is 0. The number of fused-ring (bicyclic) bond motifs is 1. The van der Waals surface area contributed by atoms with Crippen molar-refractivity contribution in [3.63, 3.8) is 0 Å². The molecule has 1 heterocycles. The number of halogens is 1. The number of Topliss-reactive ketones (excluding diaryl/α,β-unsaturated/α-hetero) is 1. The van der Waals surface area contributed by atoms with Gasteiger partial charge in [-0.05, 0) is 13.8 Å². The standard InChI is InChI=1S/C19H21ClO6/c1-5-24-13-9-12(23-4)15-17(16(13)20)26-19(18(15)22)10(3)7-11(21)8-14(19)25-6-2/h8-10H,5-7H2,1-4H3. The topological polar surface area (TPSA) is 71.1 Å². The molecule has 0 fully saturated rings. The molecular formula is C19H21ClO6. The molecule has 1 spiro atoms. The zero-order chi connectivity index (χ0) is 19.1. The zero-order valence-electron chi connectivity index (χ0n) is 15.2. The first kappa shape index (κ1) is 18.6. The summed E-state index contributed by atoms with van der Waals surface area (Å²) in [4.78, 5) is 25.5. The lowest BCUT2D eigenvalue weighted by molar-refractivity contribution is -0.118. The highest BCUT2D eigenvalue weighted by Gasteiger charge is 2.60. The Bertz CT molecular complexity index is 800. The quantitative estimate of drug-likeness (QED) is 0.777. The van der Waals surface area contributed by atoms with Crippen LogP contribution in [0.4, 0.5) is 0 Å². The minimum Gasteiger partial charge on any atom is -0.496 e. The second-order valence-electron chi connectivity index (χ2n) is 6.21. The van der Waals surface area contributed by atoms with E-state index in [-0.39, 0.29) is 40.1 Å². The number of ether oxygens (including phenoxy) is 4. The van der Waals surface area contributed by atoms with E-state index >= 15 is 0 Å². The van der Waals surface area contributed by atoms with Gasteiger partial charge >= 0.3 is 0 Å². The van der Waals surface area contributed by atoms with Crippen molar-refractivity contribution >= 4 is 23.2 Å². The summed E-state index contributed by atoms with van der Waals surface area (Å²) in [5.74, 6) is 0.247. The van der Waals surface area contributed by atoms with Crippen molar-refractivity contribution in [2.45, 2.75) is 32.8 Å². The second-order valence-corrected chi connectivity index (χ2v) is 6.59. The van der Waals surface area contributed by atoms with Gasteiger partial charge in [-0.15, -0.1) is 0 Å². The van der Waals surface area contributed by atoms with Crippen LogP contribution in [0.3, 0.4) is 0 Å². The first-order valence-electron chi connectivity index (χ1n) is 8.55. The molecule has 1 aromatic rings. The summed E-state index contributed by atoms with van der Waals surface area (Å²) >= 11 is 6.45. The molecule has 0 saturated heterocycles. The van der Waals surface area contributed by atoms with E-state index in [0.717, 1.165) is 0 Å². The fourth-order valence-electron chi connectivity index (χ4n) is 3.51. The third-order valence-electron chi connectivity index (χ3n) is 4.66. The van der Waals surface area contributed by atoms with Crippen LogP contribution in [-0.4, -0.2) is 37.5 Å². The average Bonchev–Trinajstić information content (AvgIpc) is 2.91. The van der Waals surface area contributed by atoms with Crippen LogP contribution in [0.25, 0.3) is 0 Å². The number of ketones is 2.